The number of aromatic nitrogens is 2. The lowest BCUT2D eigenvalue weighted by atomic mass is 10.0. The second kappa shape index (κ2) is 5.74. The molecule has 0 unspecified atom stereocenters. The Morgan fingerprint density at radius 2 is 1.71 bits per heavy atom. The first kappa shape index (κ1) is 14.3. The number of ether oxygens (including phenoxy) is 1. The van der Waals surface area contributed by atoms with Gasteiger partial charge >= 0.3 is 0 Å². The van der Waals surface area contributed by atoms with Crippen molar-refractivity contribution in [2.45, 2.75) is 0 Å². The number of nitrogens with zero attached hydrogens (tertiary/aromatic N) is 2. The highest BCUT2D eigenvalue weighted by atomic mass is 16.5. The summed E-state index contributed by atoms with van der Waals surface area (Å²) in [4.78, 5) is 4.45. The van der Waals surface area contributed by atoms with Gasteiger partial charge in [0.15, 0.2) is 0 Å². The smallest absolute Gasteiger partial charge is 0.119 e. The predicted octanol–water partition coefficient (Wildman–Crippen LogP) is 4.28. The number of imidazole rings is 1. The van der Waals surface area contributed by atoms with Crippen molar-refractivity contribution in [2.75, 3.05) is 12.8 Å². The molecule has 0 atom stereocenters. The van der Waals surface area contributed by atoms with Gasteiger partial charge in [0.2, 0.25) is 0 Å². The van der Waals surface area contributed by atoms with Crippen LogP contribution < -0.4 is 10.5 Å². The number of methoxy groups -OCH3 is 1. The van der Waals surface area contributed by atoms with E-state index in [4.69, 9.17) is 10.5 Å². The molecule has 0 spiro atoms. The molecule has 1 aromatic heterocycles. The lowest BCUT2D eigenvalue weighted by molar-refractivity contribution is 0.415. The van der Waals surface area contributed by atoms with Crippen molar-refractivity contribution < 1.29 is 4.74 Å². The average Bonchev–Trinajstić information content (AvgIpc) is 3.05. The Morgan fingerprint density at radius 1 is 0.917 bits per heavy atom. The summed E-state index contributed by atoms with van der Waals surface area (Å²) in [6, 6.07) is 22.2. The molecular weight excluding hydrogens is 298 g/mol. The number of anilines is 1. The molecule has 4 rings (SSSR count). The number of hydrogen-bond acceptors (Lipinski definition) is 3. The van der Waals surface area contributed by atoms with Crippen molar-refractivity contribution in [2.24, 2.45) is 0 Å². The van der Waals surface area contributed by atoms with Gasteiger partial charge in [0.25, 0.3) is 0 Å². The monoisotopic (exact) mass is 315 g/mol. The van der Waals surface area contributed by atoms with E-state index in [-0.39, 0.29) is 0 Å². The summed E-state index contributed by atoms with van der Waals surface area (Å²) in [5.41, 5.74) is 11.8. The molecule has 0 aliphatic rings. The van der Waals surface area contributed by atoms with Crippen molar-refractivity contribution in [3.8, 4) is 22.6 Å². The first-order valence-electron chi connectivity index (χ1n) is 7.72. The quantitative estimate of drug-likeness (QED) is 0.574. The molecule has 4 aromatic rings. The summed E-state index contributed by atoms with van der Waals surface area (Å²) < 4.78 is 7.39. The van der Waals surface area contributed by atoms with Crippen LogP contribution in [0, 0.1) is 0 Å². The van der Waals surface area contributed by atoms with Crippen LogP contribution in [0.3, 0.4) is 0 Å². The topological polar surface area (TPSA) is 53.1 Å². The van der Waals surface area contributed by atoms with Crippen LogP contribution in [0.5, 0.6) is 5.75 Å². The molecule has 0 saturated carbocycles. The zero-order chi connectivity index (χ0) is 16.5. The van der Waals surface area contributed by atoms with E-state index in [1.54, 1.807) is 7.11 Å². The fourth-order valence-electron chi connectivity index (χ4n) is 2.87. The predicted molar refractivity (Wildman–Crippen MR) is 97.5 cm³/mol. The van der Waals surface area contributed by atoms with Crippen molar-refractivity contribution in [1.82, 2.24) is 9.55 Å². The Balaban J connectivity index is 1.82. The number of fused-ring (bicyclic) bond motifs is 1. The maximum absolute atomic E-state index is 5.84. The minimum absolute atomic E-state index is 0.720. The standard InChI is InChI=1S/C20H17N3O/c1-24-18-7-3-5-15(11-18)14-4-2-6-17(10-14)23-13-22-19-12-16(21)8-9-20(19)23/h2-13H,21H2,1H3. The Labute approximate surface area is 140 Å². The summed E-state index contributed by atoms with van der Waals surface area (Å²) in [7, 11) is 1.68. The second-order valence-electron chi connectivity index (χ2n) is 5.65. The Morgan fingerprint density at radius 3 is 2.54 bits per heavy atom. The van der Waals surface area contributed by atoms with Gasteiger partial charge in [-0.2, -0.15) is 0 Å². The number of nitrogens with two attached hydrogens (primary N) is 1. The summed E-state index contributed by atoms with van der Waals surface area (Å²) in [5, 5.41) is 0. The van der Waals surface area contributed by atoms with E-state index in [2.05, 4.69) is 33.8 Å². The van der Waals surface area contributed by atoms with Gasteiger partial charge in [-0.3, -0.25) is 4.57 Å². The fraction of sp³-hybridized carbons (Fsp3) is 0.0500. The van der Waals surface area contributed by atoms with Gasteiger partial charge in [-0.1, -0.05) is 24.3 Å². The number of nitrogen functional groups attached to an aromatic ring is 1. The molecule has 0 aliphatic carbocycles. The van der Waals surface area contributed by atoms with Crippen LogP contribution >= 0.6 is 0 Å². The van der Waals surface area contributed by atoms with E-state index in [9.17, 15) is 0 Å². The molecule has 0 fully saturated rings. The van der Waals surface area contributed by atoms with E-state index < -0.39 is 0 Å². The zero-order valence-electron chi connectivity index (χ0n) is 13.3. The van der Waals surface area contributed by atoms with Gasteiger partial charge in [0, 0.05) is 11.4 Å². The van der Waals surface area contributed by atoms with E-state index in [0.717, 1.165) is 39.3 Å². The third-order valence-corrected chi connectivity index (χ3v) is 4.10. The van der Waals surface area contributed by atoms with Crippen LogP contribution in [0.4, 0.5) is 5.69 Å². The highest BCUT2D eigenvalue weighted by molar-refractivity contribution is 5.81. The van der Waals surface area contributed by atoms with Crippen LogP contribution in [0.25, 0.3) is 27.8 Å². The van der Waals surface area contributed by atoms with Gasteiger partial charge in [0.05, 0.1) is 18.1 Å². The maximum Gasteiger partial charge on any atom is 0.119 e. The molecule has 4 nitrogen and oxygen atoms in total. The van der Waals surface area contributed by atoms with Crippen LogP contribution in [0.1, 0.15) is 0 Å². The normalized spacial score (nSPS) is 10.9. The molecule has 4 heteroatoms. The van der Waals surface area contributed by atoms with Crippen LogP contribution in [0.15, 0.2) is 73.1 Å². The van der Waals surface area contributed by atoms with Crippen molar-refractivity contribution in [3.63, 3.8) is 0 Å². The fourth-order valence-corrected chi connectivity index (χ4v) is 2.87. The zero-order valence-corrected chi connectivity index (χ0v) is 13.3. The number of hydrogen-bond donors (Lipinski definition) is 1. The van der Waals surface area contributed by atoms with E-state index in [1.807, 2.05) is 48.8 Å². The minimum Gasteiger partial charge on any atom is -0.497 e. The molecule has 24 heavy (non-hydrogen) atoms. The van der Waals surface area contributed by atoms with Gasteiger partial charge < -0.3 is 10.5 Å². The van der Waals surface area contributed by atoms with Crippen LogP contribution in [0.2, 0.25) is 0 Å². The van der Waals surface area contributed by atoms with E-state index >= 15 is 0 Å². The molecule has 0 saturated heterocycles. The molecule has 2 N–H and O–H groups in total. The number of benzene rings is 3. The third kappa shape index (κ3) is 2.48. The summed E-state index contributed by atoms with van der Waals surface area (Å²) in [5.74, 6) is 0.849. The van der Waals surface area contributed by atoms with Crippen LogP contribution in [-0.2, 0) is 0 Å². The second-order valence-corrected chi connectivity index (χ2v) is 5.65. The van der Waals surface area contributed by atoms with Crippen molar-refractivity contribution in [3.05, 3.63) is 73.1 Å². The van der Waals surface area contributed by atoms with Crippen LogP contribution in [-0.4, -0.2) is 16.7 Å². The molecular formula is C20H17N3O. The summed E-state index contributed by atoms with van der Waals surface area (Å²) >= 11 is 0. The van der Waals surface area contributed by atoms with E-state index in [1.165, 1.54) is 0 Å². The highest BCUT2D eigenvalue weighted by Gasteiger charge is 2.07. The molecule has 0 radical (unpaired) electrons. The molecule has 1 heterocycles. The van der Waals surface area contributed by atoms with E-state index in [0.29, 0.717) is 0 Å². The van der Waals surface area contributed by atoms with Crippen molar-refractivity contribution >= 4 is 16.7 Å². The Kier molecular flexibility index (Phi) is 3.43. The first-order chi connectivity index (χ1) is 11.7. The maximum atomic E-state index is 5.84. The molecule has 0 aliphatic heterocycles. The first-order valence-corrected chi connectivity index (χ1v) is 7.72. The lowest BCUT2D eigenvalue weighted by Crippen LogP contribution is -1.93. The van der Waals surface area contributed by atoms with Gasteiger partial charge in [-0.15, -0.1) is 0 Å². The van der Waals surface area contributed by atoms with Gasteiger partial charge in [-0.25, -0.2) is 4.98 Å². The number of rotatable bonds is 3. The molecule has 0 amide bonds. The molecule has 3 aromatic carbocycles. The van der Waals surface area contributed by atoms with Crippen molar-refractivity contribution in [1.29, 1.82) is 0 Å². The minimum atomic E-state index is 0.720. The average molecular weight is 315 g/mol. The summed E-state index contributed by atoms with van der Waals surface area (Å²) in [6.45, 7) is 0. The third-order valence-electron chi connectivity index (χ3n) is 4.10. The van der Waals surface area contributed by atoms with Gasteiger partial charge in [-0.05, 0) is 53.6 Å². The summed E-state index contributed by atoms with van der Waals surface area (Å²) in [6.07, 6.45) is 1.83. The Bertz CT molecular complexity index is 1020. The SMILES string of the molecule is COc1cccc(-c2cccc(-n3cnc4cc(N)ccc43)c2)c1. The molecule has 0 bridgehead atoms. The van der Waals surface area contributed by atoms with Gasteiger partial charge in [0.1, 0.15) is 12.1 Å². The lowest BCUT2D eigenvalue weighted by Gasteiger charge is -2.09. The Hall–Kier alpha value is -3.27. The molecule has 118 valence electrons. The highest BCUT2D eigenvalue weighted by Crippen LogP contribution is 2.27. The largest absolute Gasteiger partial charge is 0.497 e.